The van der Waals surface area contributed by atoms with Crippen molar-refractivity contribution in [2.75, 3.05) is 23.7 Å². The van der Waals surface area contributed by atoms with Crippen LogP contribution in [0.1, 0.15) is 34.6 Å². The Morgan fingerprint density at radius 1 is 0.824 bits per heavy atom. The number of hydrogen-bond donors (Lipinski definition) is 2. The molecule has 0 fully saturated rings. The summed E-state index contributed by atoms with van der Waals surface area (Å²) >= 11 is 0. The average Bonchev–Trinajstić information content (AvgIpc) is 2.80. The van der Waals surface area contributed by atoms with E-state index in [4.69, 9.17) is 0 Å². The van der Waals surface area contributed by atoms with Crippen LogP contribution in [0.25, 0.3) is 0 Å². The molecule has 0 aromatic heterocycles. The summed E-state index contributed by atoms with van der Waals surface area (Å²) in [5, 5.41) is 5.02. The Kier molecular flexibility index (Phi) is 7.75. The summed E-state index contributed by atoms with van der Waals surface area (Å²) in [4.78, 5) is 25.0. The summed E-state index contributed by atoms with van der Waals surface area (Å²) in [6, 6.07) is 14.2. The van der Waals surface area contributed by atoms with Gasteiger partial charge in [0.1, 0.15) is 11.6 Å². The molecule has 0 saturated heterocycles. The topological polar surface area (TPSA) is 95.6 Å². The molecule has 3 rings (SSSR count). The Morgan fingerprint density at radius 3 is 2.09 bits per heavy atom. The first-order valence-corrected chi connectivity index (χ1v) is 11.9. The molecule has 0 unspecified atom stereocenters. The van der Waals surface area contributed by atoms with Gasteiger partial charge in [-0.15, -0.1) is 0 Å². The van der Waals surface area contributed by atoms with Crippen LogP contribution in [0.4, 0.5) is 20.2 Å². The van der Waals surface area contributed by atoms with Gasteiger partial charge < -0.3 is 10.6 Å². The van der Waals surface area contributed by atoms with Crippen LogP contribution in [0, 0.1) is 11.6 Å². The van der Waals surface area contributed by atoms with Crippen molar-refractivity contribution in [3.05, 3.63) is 89.5 Å². The Bertz CT molecular complexity index is 1330. The van der Waals surface area contributed by atoms with Gasteiger partial charge in [-0.3, -0.25) is 9.59 Å². The van der Waals surface area contributed by atoms with Crippen LogP contribution in [0.3, 0.4) is 0 Å². The van der Waals surface area contributed by atoms with E-state index in [0.29, 0.717) is 0 Å². The summed E-state index contributed by atoms with van der Waals surface area (Å²) < 4.78 is 54.4. The highest BCUT2D eigenvalue weighted by atomic mass is 32.2. The van der Waals surface area contributed by atoms with E-state index in [0.717, 1.165) is 24.3 Å². The molecule has 2 N–H and O–H groups in total. The van der Waals surface area contributed by atoms with Crippen LogP contribution in [0.2, 0.25) is 0 Å². The number of amides is 2. The van der Waals surface area contributed by atoms with E-state index in [1.54, 1.807) is 13.8 Å². The van der Waals surface area contributed by atoms with Crippen molar-refractivity contribution in [1.82, 2.24) is 4.31 Å². The molecule has 0 spiro atoms. The molecule has 2 amide bonds. The molecule has 0 aliphatic carbocycles. The number of rotatable bonds is 8. The van der Waals surface area contributed by atoms with Gasteiger partial charge in [0.05, 0.1) is 10.5 Å². The lowest BCUT2D eigenvalue weighted by Crippen LogP contribution is -2.31. The third-order valence-electron chi connectivity index (χ3n) is 4.99. The highest BCUT2D eigenvalue weighted by molar-refractivity contribution is 7.89. The van der Waals surface area contributed by atoms with Gasteiger partial charge in [-0.1, -0.05) is 26.0 Å². The molecule has 7 nitrogen and oxygen atoms in total. The molecule has 10 heteroatoms. The van der Waals surface area contributed by atoms with Crippen LogP contribution in [-0.4, -0.2) is 37.6 Å². The minimum absolute atomic E-state index is 0.167. The number of hydrogen-bond acceptors (Lipinski definition) is 4. The van der Waals surface area contributed by atoms with Crippen LogP contribution in [0.15, 0.2) is 71.6 Å². The summed E-state index contributed by atoms with van der Waals surface area (Å²) in [6.07, 6.45) is 0. The van der Waals surface area contributed by atoms with Crippen molar-refractivity contribution < 1.29 is 26.8 Å². The molecule has 0 atom stereocenters. The van der Waals surface area contributed by atoms with Gasteiger partial charge in [0.25, 0.3) is 11.8 Å². The predicted octanol–water partition coefficient (Wildman–Crippen LogP) is 4.50. The fourth-order valence-corrected chi connectivity index (χ4v) is 4.74. The standard InChI is InChI=1S/C24H23F2N3O4S/c1-3-29(4-2)34(32,33)20-11-12-22(26)21(15-20)24(31)28-18-9-5-7-16(13-18)23(30)27-19-10-6-8-17(25)14-19/h5-15H,3-4H2,1-2H3,(H,27,30)(H,28,31). The van der Waals surface area contributed by atoms with Gasteiger partial charge in [-0.25, -0.2) is 17.2 Å². The number of carbonyl (C=O) groups is 2. The molecule has 0 bridgehead atoms. The Labute approximate surface area is 196 Å². The molecule has 0 aliphatic rings. The zero-order chi connectivity index (χ0) is 24.9. The lowest BCUT2D eigenvalue weighted by atomic mass is 10.1. The van der Waals surface area contributed by atoms with Crippen LogP contribution in [0.5, 0.6) is 0 Å². The fourth-order valence-electron chi connectivity index (χ4n) is 3.26. The molecule has 3 aromatic rings. The second kappa shape index (κ2) is 10.5. The third-order valence-corrected chi connectivity index (χ3v) is 7.04. The normalized spacial score (nSPS) is 11.3. The fraction of sp³-hybridized carbons (Fsp3) is 0.167. The lowest BCUT2D eigenvalue weighted by Gasteiger charge is -2.19. The number of anilines is 2. The van der Waals surface area contributed by atoms with Crippen molar-refractivity contribution in [2.24, 2.45) is 0 Å². The quantitative estimate of drug-likeness (QED) is 0.489. The van der Waals surface area contributed by atoms with Crippen LogP contribution in [-0.2, 0) is 10.0 Å². The van der Waals surface area contributed by atoms with Crippen LogP contribution >= 0.6 is 0 Å². The number of benzene rings is 3. The predicted molar refractivity (Wildman–Crippen MR) is 125 cm³/mol. The molecule has 0 heterocycles. The van der Waals surface area contributed by atoms with E-state index >= 15 is 0 Å². The molecular formula is C24H23F2N3O4S. The molecular weight excluding hydrogens is 464 g/mol. The average molecular weight is 488 g/mol. The monoisotopic (exact) mass is 487 g/mol. The first-order valence-electron chi connectivity index (χ1n) is 10.4. The van der Waals surface area contributed by atoms with Crippen molar-refractivity contribution in [2.45, 2.75) is 18.7 Å². The lowest BCUT2D eigenvalue weighted by molar-refractivity contribution is 0.101. The highest BCUT2D eigenvalue weighted by Gasteiger charge is 2.24. The van der Waals surface area contributed by atoms with E-state index in [-0.39, 0.29) is 34.9 Å². The minimum Gasteiger partial charge on any atom is -0.322 e. The van der Waals surface area contributed by atoms with Crippen molar-refractivity contribution >= 4 is 33.2 Å². The van der Waals surface area contributed by atoms with Gasteiger partial charge >= 0.3 is 0 Å². The molecule has 178 valence electrons. The molecule has 3 aromatic carbocycles. The number of sulfonamides is 1. The number of nitrogens with one attached hydrogen (secondary N) is 2. The van der Waals surface area contributed by atoms with E-state index in [1.165, 1.54) is 46.8 Å². The van der Waals surface area contributed by atoms with Crippen LogP contribution < -0.4 is 10.6 Å². The van der Waals surface area contributed by atoms with Gasteiger partial charge in [0.15, 0.2) is 0 Å². The molecule has 0 saturated carbocycles. The second-order valence-corrected chi connectivity index (χ2v) is 9.17. The number of halogens is 2. The van der Waals surface area contributed by atoms with E-state index in [2.05, 4.69) is 10.6 Å². The smallest absolute Gasteiger partial charge is 0.258 e. The van der Waals surface area contributed by atoms with E-state index in [9.17, 15) is 26.8 Å². The van der Waals surface area contributed by atoms with Crippen molar-refractivity contribution in [3.63, 3.8) is 0 Å². The van der Waals surface area contributed by atoms with Gasteiger partial charge in [-0.2, -0.15) is 4.31 Å². The van der Waals surface area contributed by atoms with Gasteiger partial charge in [0.2, 0.25) is 10.0 Å². The maximum atomic E-state index is 14.4. The largest absolute Gasteiger partial charge is 0.322 e. The van der Waals surface area contributed by atoms with Gasteiger partial charge in [0, 0.05) is 30.0 Å². The minimum atomic E-state index is -3.89. The second-order valence-electron chi connectivity index (χ2n) is 7.23. The van der Waals surface area contributed by atoms with Gasteiger partial charge in [-0.05, 0) is 54.6 Å². The summed E-state index contributed by atoms with van der Waals surface area (Å²) in [5.74, 6) is -2.82. The van der Waals surface area contributed by atoms with E-state index < -0.39 is 39.0 Å². The zero-order valence-electron chi connectivity index (χ0n) is 18.5. The van der Waals surface area contributed by atoms with E-state index in [1.807, 2.05) is 0 Å². The molecule has 0 radical (unpaired) electrons. The maximum Gasteiger partial charge on any atom is 0.258 e. The highest BCUT2D eigenvalue weighted by Crippen LogP contribution is 2.21. The Morgan fingerprint density at radius 2 is 1.44 bits per heavy atom. The first kappa shape index (κ1) is 25.0. The molecule has 0 aliphatic heterocycles. The first-order chi connectivity index (χ1) is 16.1. The summed E-state index contributed by atoms with van der Waals surface area (Å²) in [5.41, 5.74) is 0.157. The SMILES string of the molecule is CCN(CC)S(=O)(=O)c1ccc(F)c(C(=O)Nc2cccc(C(=O)Nc3cccc(F)c3)c2)c1. The number of nitrogens with zero attached hydrogens (tertiary/aromatic N) is 1. The van der Waals surface area contributed by atoms with Crippen molar-refractivity contribution in [3.8, 4) is 0 Å². The number of carbonyl (C=O) groups excluding carboxylic acids is 2. The summed E-state index contributed by atoms with van der Waals surface area (Å²) in [6.45, 7) is 3.80. The summed E-state index contributed by atoms with van der Waals surface area (Å²) in [7, 11) is -3.89. The van der Waals surface area contributed by atoms with Crippen molar-refractivity contribution in [1.29, 1.82) is 0 Å². The molecule has 34 heavy (non-hydrogen) atoms. The Hall–Kier alpha value is -3.63. The Balaban J connectivity index is 1.82. The zero-order valence-corrected chi connectivity index (χ0v) is 19.3. The maximum absolute atomic E-state index is 14.4. The third kappa shape index (κ3) is 5.64.